The second-order valence-corrected chi connectivity index (χ2v) is 4.48. The average Bonchev–Trinajstić information content (AvgIpc) is 2.70. The molecule has 7 heteroatoms. The number of fused-ring (bicyclic) bond motifs is 1. The van der Waals surface area contributed by atoms with Crippen molar-refractivity contribution >= 4 is 11.9 Å². The zero-order valence-corrected chi connectivity index (χ0v) is 10.2. The van der Waals surface area contributed by atoms with Crippen LogP contribution in [-0.2, 0) is 4.79 Å². The van der Waals surface area contributed by atoms with Crippen molar-refractivity contribution in [2.45, 2.75) is 26.8 Å². The summed E-state index contributed by atoms with van der Waals surface area (Å²) < 4.78 is 1.57. The summed E-state index contributed by atoms with van der Waals surface area (Å²) in [7, 11) is 1.76. The SMILES string of the molecule is CC1=C(C(=O)O)C(C(C)C)n2nnnc2N1C. The maximum Gasteiger partial charge on any atom is 0.335 e. The fraction of sp³-hybridized carbons (Fsp3) is 0.600. The molecule has 1 N–H and O–H groups in total. The molecule has 2 rings (SSSR count). The highest BCUT2D eigenvalue weighted by atomic mass is 16.4. The summed E-state index contributed by atoms with van der Waals surface area (Å²) in [6.07, 6.45) is 0. The highest BCUT2D eigenvalue weighted by molar-refractivity contribution is 5.90. The standard InChI is InChI=1S/C10H15N5O2/c1-5(2)8-7(9(16)17)6(3)14(4)10-11-12-13-15(8)10/h5,8H,1-4H3,(H,16,17). The van der Waals surface area contributed by atoms with Crippen LogP contribution in [0, 0.1) is 5.92 Å². The Morgan fingerprint density at radius 3 is 2.65 bits per heavy atom. The Morgan fingerprint density at radius 2 is 2.12 bits per heavy atom. The van der Waals surface area contributed by atoms with Crippen LogP contribution in [0.1, 0.15) is 26.8 Å². The van der Waals surface area contributed by atoms with Gasteiger partial charge in [0.15, 0.2) is 0 Å². The van der Waals surface area contributed by atoms with E-state index in [1.165, 1.54) is 0 Å². The molecule has 1 aromatic rings. The lowest BCUT2D eigenvalue weighted by Gasteiger charge is -2.33. The zero-order chi connectivity index (χ0) is 12.7. The normalized spacial score (nSPS) is 19.8. The van der Waals surface area contributed by atoms with Crippen LogP contribution >= 0.6 is 0 Å². The smallest absolute Gasteiger partial charge is 0.335 e. The fourth-order valence-electron chi connectivity index (χ4n) is 2.15. The summed E-state index contributed by atoms with van der Waals surface area (Å²) in [6, 6.07) is -0.325. The summed E-state index contributed by atoms with van der Waals surface area (Å²) in [6.45, 7) is 5.69. The topological polar surface area (TPSA) is 84.1 Å². The number of rotatable bonds is 2. The summed E-state index contributed by atoms with van der Waals surface area (Å²) in [5.74, 6) is -0.243. The van der Waals surface area contributed by atoms with Gasteiger partial charge in [0.25, 0.3) is 0 Å². The highest BCUT2D eigenvalue weighted by Crippen LogP contribution is 2.36. The minimum atomic E-state index is -0.922. The number of aromatic nitrogens is 4. The van der Waals surface area contributed by atoms with E-state index in [0.717, 1.165) is 0 Å². The molecule has 1 aliphatic rings. The first kappa shape index (κ1) is 11.6. The molecule has 2 heterocycles. The van der Waals surface area contributed by atoms with Gasteiger partial charge in [-0.25, -0.2) is 9.48 Å². The number of nitrogens with zero attached hydrogens (tertiary/aromatic N) is 5. The van der Waals surface area contributed by atoms with Gasteiger partial charge in [0, 0.05) is 12.7 Å². The molecule has 1 unspecified atom stereocenters. The molecule has 0 spiro atoms. The monoisotopic (exact) mass is 237 g/mol. The maximum atomic E-state index is 11.4. The lowest BCUT2D eigenvalue weighted by atomic mass is 9.93. The van der Waals surface area contributed by atoms with Gasteiger partial charge >= 0.3 is 5.97 Å². The van der Waals surface area contributed by atoms with Gasteiger partial charge in [0.2, 0.25) is 5.95 Å². The Kier molecular flexibility index (Phi) is 2.60. The molecule has 1 aliphatic heterocycles. The summed E-state index contributed by atoms with van der Waals surface area (Å²) in [5.41, 5.74) is 1.03. The highest BCUT2D eigenvalue weighted by Gasteiger charge is 2.36. The fourth-order valence-corrected chi connectivity index (χ4v) is 2.15. The minimum Gasteiger partial charge on any atom is -0.478 e. The summed E-state index contributed by atoms with van der Waals surface area (Å²) >= 11 is 0. The molecular weight excluding hydrogens is 222 g/mol. The molecule has 0 bridgehead atoms. The van der Waals surface area contributed by atoms with Crippen LogP contribution in [0.3, 0.4) is 0 Å². The first-order valence-corrected chi connectivity index (χ1v) is 5.40. The molecule has 7 nitrogen and oxygen atoms in total. The van der Waals surface area contributed by atoms with Crippen LogP contribution in [0.5, 0.6) is 0 Å². The molecule has 0 amide bonds. The van der Waals surface area contributed by atoms with Crippen molar-refractivity contribution in [3.05, 3.63) is 11.3 Å². The summed E-state index contributed by atoms with van der Waals surface area (Å²) in [4.78, 5) is 13.1. The number of carbonyl (C=O) groups is 1. The summed E-state index contributed by atoms with van der Waals surface area (Å²) in [5, 5.41) is 20.8. The largest absolute Gasteiger partial charge is 0.478 e. The molecule has 17 heavy (non-hydrogen) atoms. The molecule has 1 aromatic heterocycles. The molecule has 0 radical (unpaired) electrons. The van der Waals surface area contributed by atoms with Gasteiger partial charge in [-0.3, -0.25) is 0 Å². The maximum absolute atomic E-state index is 11.4. The third-order valence-electron chi connectivity index (χ3n) is 3.09. The van der Waals surface area contributed by atoms with E-state index in [2.05, 4.69) is 15.5 Å². The van der Waals surface area contributed by atoms with Gasteiger partial charge in [0.05, 0.1) is 11.6 Å². The van der Waals surface area contributed by atoms with E-state index in [9.17, 15) is 9.90 Å². The van der Waals surface area contributed by atoms with Gasteiger partial charge in [-0.05, 0) is 23.3 Å². The molecule has 0 fully saturated rings. The van der Waals surface area contributed by atoms with Crippen molar-refractivity contribution < 1.29 is 9.90 Å². The predicted molar refractivity (Wildman–Crippen MR) is 60.4 cm³/mol. The van der Waals surface area contributed by atoms with Gasteiger partial charge in [-0.2, -0.15) is 0 Å². The van der Waals surface area contributed by atoms with Crippen LogP contribution < -0.4 is 4.90 Å². The quantitative estimate of drug-likeness (QED) is 0.814. The molecular formula is C10H15N5O2. The Bertz CT molecular complexity index is 491. The number of hydrogen-bond acceptors (Lipinski definition) is 5. The lowest BCUT2D eigenvalue weighted by molar-refractivity contribution is -0.133. The number of carboxylic acid groups (broad SMARTS) is 1. The number of aliphatic carboxylic acids is 1. The first-order valence-electron chi connectivity index (χ1n) is 5.40. The van der Waals surface area contributed by atoms with Gasteiger partial charge in [-0.15, -0.1) is 0 Å². The van der Waals surface area contributed by atoms with Crippen LogP contribution in [0.2, 0.25) is 0 Å². The second-order valence-electron chi connectivity index (χ2n) is 4.48. The van der Waals surface area contributed by atoms with Crippen LogP contribution in [0.25, 0.3) is 0 Å². The average molecular weight is 237 g/mol. The Morgan fingerprint density at radius 1 is 1.47 bits per heavy atom. The van der Waals surface area contributed by atoms with Crippen molar-refractivity contribution in [1.82, 2.24) is 20.2 Å². The Labute approximate surface area is 98.7 Å². The Hall–Kier alpha value is -1.92. The van der Waals surface area contributed by atoms with Crippen LogP contribution in [-0.4, -0.2) is 38.3 Å². The van der Waals surface area contributed by atoms with Crippen LogP contribution in [0.15, 0.2) is 11.3 Å². The van der Waals surface area contributed by atoms with Crippen molar-refractivity contribution in [2.75, 3.05) is 11.9 Å². The molecule has 0 saturated carbocycles. The number of carboxylic acids is 1. The van der Waals surface area contributed by atoms with Crippen molar-refractivity contribution in [3.63, 3.8) is 0 Å². The van der Waals surface area contributed by atoms with Gasteiger partial charge in [0.1, 0.15) is 0 Å². The Balaban J connectivity index is 2.64. The van der Waals surface area contributed by atoms with E-state index in [0.29, 0.717) is 17.2 Å². The molecule has 0 saturated heterocycles. The van der Waals surface area contributed by atoms with E-state index in [4.69, 9.17) is 0 Å². The molecule has 0 aromatic carbocycles. The van der Waals surface area contributed by atoms with E-state index < -0.39 is 5.97 Å². The first-order chi connectivity index (χ1) is 7.95. The minimum absolute atomic E-state index is 0.104. The second kappa shape index (κ2) is 3.83. The third kappa shape index (κ3) is 1.58. The zero-order valence-electron chi connectivity index (χ0n) is 10.2. The molecule has 0 aliphatic carbocycles. The van der Waals surface area contributed by atoms with Crippen LogP contribution in [0.4, 0.5) is 5.95 Å². The lowest BCUT2D eigenvalue weighted by Crippen LogP contribution is -2.35. The predicted octanol–water partition coefficient (Wildman–Crippen LogP) is 0.679. The number of tetrazole rings is 1. The molecule has 92 valence electrons. The van der Waals surface area contributed by atoms with Gasteiger partial charge < -0.3 is 10.0 Å². The van der Waals surface area contributed by atoms with Crippen molar-refractivity contribution in [2.24, 2.45) is 5.92 Å². The van der Waals surface area contributed by atoms with E-state index in [-0.39, 0.29) is 12.0 Å². The van der Waals surface area contributed by atoms with Gasteiger partial charge in [-0.1, -0.05) is 18.9 Å². The third-order valence-corrected chi connectivity index (χ3v) is 3.09. The number of hydrogen-bond donors (Lipinski definition) is 1. The van der Waals surface area contributed by atoms with Crippen molar-refractivity contribution in [1.29, 1.82) is 0 Å². The number of allylic oxidation sites excluding steroid dienone is 1. The van der Waals surface area contributed by atoms with E-state index in [1.54, 1.807) is 23.6 Å². The number of anilines is 1. The van der Waals surface area contributed by atoms with E-state index >= 15 is 0 Å². The van der Waals surface area contributed by atoms with E-state index in [1.807, 2.05) is 13.8 Å². The molecule has 1 atom stereocenters. The van der Waals surface area contributed by atoms with Crippen molar-refractivity contribution in [3.8, 4) is 0 Å².